The molecule has 3 amide bonds. The van der Waals surface area contributed by atoms with Crippen LogP contribution in [0.4, 0.5) is 4.39 Å². The van der Waals surface area contributed by atoms with Gasteiger partial charge in [0.05, 0.1) is 11.7 Å². The molecule has 12 nitrogen and oxygen atoms in total. The molecule has 0 spiro atoms. The van der Waals surface area contributed by atoms with E-state index in [1.807, 2.05) is 12.1 Å². The first-order valence-electron chi connectivity index (χ1n) is 11.7. The molecule has 0 radical (unpaired) electrons. The summed E-state index contributed by atoms with van der Waals surface area (Å²) in [6.45, 7) is 1.82. The summed E-state index contributed by atoms with van der Waals surface area (Å²) in [5.74, 6) is -2.08. The summed E-state index contributed by atoms with van der Waals surface area (Å²) < 4.78 is 14.7. The first-order chi connectivity index (χ1) is 18.3. The minimum Gasteiger partial charge on any atom is -0.363 e. The van der Waals surface area contributed by atoms with E-state index >= 15 is 0 Å². The fourth-order valence-electron chi connectivity index (χ4n) is 4.33. The summed E-state index contributed by atoms with van der Waals surface area (Å²) in [5.41, 5.74) is 9.09. The summed E-state index contributed by atoms with van der Waals surface area (Å²) in [7, 11) is 0. The second-order valence-electron chi connectivity index (χ2n) is 8.78. The van der Waals surface area contributed by atoms with Gasteiger partial charge in [0.15, 0.2) is 0 Å². The monoisotopic (exact) mass is 515 g/mol. The second kappa shape index (κ2) is 10.1. The number of aryl methyl sites for hydroxylation is 2. The molecule has 2 aromatic carbocycles. The summed E-state index contributed by atoms with van der Waals surface area (Å²) in [6, 6.07) is 11.1. The number of nitrogens with zero attached hydrogens (tertiary/aromatic N) is 6. The highest BCUT2D eigenvalue weighted by molar-refractivity contribution is 5.97. The topological polar surface area (TPSA) is 171 Å². The maximum Gasteiger partial charge on any atom is 0.288 e. The van der Waals surface area contributed by atoms with Gasteiger partial charge in [0.1, 0.15) is 23.5 Å². The molecule has 1 aliphatic rings. The SMILES string of the molecule is Cc1cc(CNC(=O)c2cc(C(=O)N[C@H]3CCc4cc(-n5nnnc5C(N)=O)ccc43)ncn2)ccc1F. The van der Waals surface area contributed by atoms with Gasteiger partial charge in [-0.1, -0.05) is 18.2 Å². The normalized spacial score (nSPS) is 14.1. The summed E-state index contributed by atoms with van der Waals surface area (Å²) in [6.07, 6.45) is 2.49. The number of hydrogen-bond donors (Lipinski definition) is 3. The van der Waals surface area contributed by atoms with Crippen LogP contribution < -0.4 is 16.4 Å². The first kappa shape index (κ1) is 24.6. The number of amides is 3. The third-order valence-electron chi connectivity index (χ3n) is 6.25. The molecule has 38 heavy (non-hydrogen) atoms. The summed E-state index contributed by atoms with van der Waals surface area (Å²) in [5, 5.41) is 16.6. The van der Waals surface area contributed by atoms with Crippen molar-refractivity contribution in [2.45, 2.75) is 32.4 Å². The number of nitrogens with two attached hydrogens (primary N) is 1. The van der Waals surface area contributed by atoms with Crippen LogP contribution in [0.1, 0.15) is 66.3 Å². The molecule has 4 aromatic rings. The molecule has 5 rings (SSSR count). The van der Waals surface area contributed by atoms with Gasteiger partial charge in [-0.2, -0.15) is 4.68 Å². The third-order valence-corrected chi connectivity index (χ3v) is 6.25. The lowest BCUT2D eigenvalue weighted by Gasteiger charge is -2.14. The molecule has 1 aliphatic carbocycles. The van der Waals surface area contributed by atoms with Crippen molar-refractivity contribution in [3.63, 3.8) is 0 Å². The molecule has 0 aliphatic heterocycles. The zero-order valence-electron chi connectivity index (χ0n) is 20.2. The van der Waals surface area contributed by atoms with Gasteiger partial charge >= 0.3 is 0 Å². The standard InChI is InChI=1S/C25H22FN9O3/c1-13-8-14(2-6-18(13)26)11-28-24(37)20-10-21(30-12-29-20)25(38)31-19-7-3-15-9-16(4-5-17(15)19)35-23(22(27)36)32-33-34-35/h2,4-6,8-10,12,19H,3,7,11H2,1H3,(H2,27,36)(H,28,37)(H,31,38)/t19-/m0/s1. The van der Waals surface area contributed by atoms with Gasteiger partial charge in [-0.15, -0.1) is 5.10 Å². The van der Waals surface area contributed by atoms with E-state index in [0.29, 0.717) is 24.1 Å². The van der Waals surface area contributed by atoms with E-state index in [1.165, 1.54) is 16.8 Å². The van der Waals surface area contributed by atoms with Crippen molar-refractivity contribution < 1.29 is 18.8 Å². The van der Waals surface area contributed by atoms with E-state index in [2.05, 4.69) is 36.1 Å². The zero-order chi connectivity index (χ0) is 26.8. The lowest BCUT2D eigenvalue weighted by Crippen LogP contribution is -2.29. The fraction of sp³-hybridized carbons (Fsp3) is 0.200. The number of tetrazole rings is 1. The number of nitrogens with one attached hydrogen (secondary N) is 2. The Kier molecular flexibility index (Phi) is 6.56. The number of aromatic nitrogens is 6. The lowest BCUT2D eigenvalue weighted by molar-refractivity contribution is 0.0930. The number of carbonyl (C=O) groups excluding carboxylic acids is 3. The highest BCUT2D eigenvalue weighted by Gasteiger charge is 2.26. The molecule has 0 unspecified atom stereocenters. The minimum atomic E-state index is -0.746. The van der Waals surface area contributed by atoms with Crippen molar-refractivity contribution >= 4 is 17.7 Å². The molecule has 0 bridgehead atoms. The molecule has 4 N–H and O–H groups in total. The van der Waals surface area contributed by atoms with Crippen LogP contribution in [0.15, 0.2) is 48.8 Å². The molecule has 2 aromatic heterocycles. The number of benzene rings is 2. The highest BCUT2D eigenvalue weighted by atomic mass is 19.1. The molecular weight excluding hydrogens is 493 g/mol. The van der Waals surface area contributed by atoms with Crippen molar-refractivity contribution in [1.29, 1.82) is 0 Å². The largest absolute Gasteiger partial charge is 0.363 e. The molecule has 1 atom stereocenters. The van der Waals surface area contributed by atoms with E-state index in [-0.39, 0.29) is 35.6 Å². The fourth-order valence-corrected chi connectivity index (χ4v) is 4.33. The molecule has 0 fully saturated rings. The number of primary amides is 1. The van der Waals surface area contributed by atoms with Gasteiger partial charge in [-0.05, 0) is 70.6 Å². The van der Waals surface area contributed by atoms with Gasteiger partial charge in [-0.3, -0.25) is 14.4 Å². The van der Waals surface area contributed by atoms with E-state index in [0.717, 1.165) is 23.0 Å². The van der Waals surface area contributed by atoms with Crippen LogP contribution >= 0.6 is 0 Å². The van der Waals surface area contributed by atoms with E-state index < -0.39 is 17.7 Å². The maximum absolute atomic E-state index is 13.5. The van der Waals surface area contributed by atoms with Crippen molar-refractivity contribution in [3.05, 3.63) is 94.1 Å². The number of halogens is 1. The van der Waals surface area contributed by atoms with E-state index in [9.17, 15) is 18.8 Å². The molecule has 2 heterocycles. The average molecular weight is 516 g/mol. The van der Waals surface area contributed by atoms with Crippen LogP contribution in [0.25, 0.3) is 5.69 Å². The lowest BCUT2D eigenvalue weighted by atomic mass is 10.1. The van der Waals surface area contributed by atoms with E-state index in [4.69, 9.17) is 5.73 Å². The quantitative estimate of drug-likeness (QED) is 0.331. The highest BCUT2D eigenvalue weighted by Crippen LogP contribution is 2.32. The van der Waals surface area contributed by atoms with Crippen LogP contribution in [-0.4, -0.2) is 47.9 Å². The molecule has 0 saturated carbocycles. The minimum absolute atomic E-state index is 0.0344. The smallest absolute Gasteiger partial charge is 0.288 e. The second-order valence-corrected chi connectivity index (χ2v) is 8.78. The number of fused-ring (bicyclic) bond motifs is 1. The molecule has 192 valence electrons. The number of rotatable bonds is 7. The van der Waals surface area contributed by atoms with Gasteiger partial charge in [0.2, 0.25) is 5.82 Å². The molecule has 0 saturated heterocycles. The summed E-state index contributed by atoms with van der Waals surface area (Å²) >= 11 is 0. The van der Waals surface area contributed by atoms with E-state index in [1.54, 1.807) is 25.1 Å². The predicted octanol–water partition coefficient (Wildman–Crippen LogP) is 1.35. The van der Waals surface area contributed by atoms with Crippen LogP contribution in [-0.2, 0) is 13.0 Å². The van der Waals surface area contributed by atoms with Gasteiger partial charge in [0.25, 0.3) is 17.7 Å². The van der Waals surface area contributed by atoms with Crippen LogP contribution in [0.3, 0.4) is 0 Å². The van der Waals surface area contributed by atoms with Gasteiger partial charge < -0.3 is 16.4 Å². The van der Waals surface area contributed by atoms with Crippen molar-refractivity contribution in [3.8, 4) is 5.69 Å². The van der Waals surface area contributed by atoms with Crippen molar-refractivity contribution in [1.82, 2.24) is 40.8 Å². The Morgan fingerprint density at radius 2 is 1.87 bits per heavy atom. The Morgan fingerprint density at radius 3 is 2.63 bits per heavy atom. The Morgan fingerprint density at radius 1 is 1.08 bits per heavy atom. The molecular formula is C25H22FN9O3. The van der Waals surface area contributed by atoms with Gasteiger partial charge in [0, 0.05) is 12.6 Å². The molecule has 13 heteroatoms. The maximum atomic E-state index is 13.5. The number of carbonyl (C=O) groups is 3. The van der Waals surface area contributed by atoms with Crippen molar-refractivity contribution in [2.24, 2.45) is 5.73 Å². The average Bonchev–Trinajstić information content (AvgIpc) is 3.57. The van der Waals surface area contributed by atoms with Crippen molar-refractivity contribution in [2.75, 3.05) is 0 Å². The Hall–Kier alpha value is -5.07. The summed E-state index contributed by atoms with van der Waals surface area (Å²) in [4.78, 5) is 45.1. The van der Waals surface area contributed by atoms with Crippen LogP contribution in [0.5, 0.6) is 0 Å². The van der Waals surface area contributed by atoms with Gasteiger partial charge in [-0.25, -0.2) is 14.4 Å². The zero-order valence-corrected chi connectivity index (χ0v) is 20.2. The predicted molar refractivity (Wildman–Crippen MR) is 131 cm³/mol. The Bertz CT molecular complexity index is 1570. The van der Waals surface area contributed by atoms with Crippen LogP contribution in [0, 0.1) is 12.7 Å². The first-order valence-corrected chi connectivity index (χ1v) is 11.7. The number of hydrogen-bond acceptors (Lipinski definition) is 8. The Labute approximate surface area is 215 Å². The third kappa shape index (κ3) is 4.93. The Balaban J connectivity index is 1.25. The van der Waals surface area contributed by atoms with Crippen LogP contribution in [0.2, 0.25) is 0 Å².